The van der Waals surface area contributed by atoms with E-state index in [0.29, 0.717) is 4.83 Å². The van der Waals surface area contributed by atoms with E-state index in [1.54, 1.807) is 0 Å². The van der Waals surface area contributed by atoms with E-state index in [4.69, 9.17) is 0 Å². The fourth-order valence-electron chi connectivity index (χ4n) is 1.90. The zero-order valence-electron chi connectivity index (χ0n) is 10.0. The standard InChI is InChI=1S/C14H21Br/c1-4-5-14(15)9-8-13-7-6-11(2)10-12(13)3/h6-7,10,14H,4-5,8-9H2,1-3H3. The maximum absolute atomic E-state index is 3.73. The van der Waals surface area contributed by atoms with Gasteiger partial charge in [0.2, 0.25) is 0 Å². The molecule has 0 saturated carbocycles. The van der Waals surface area contributed by atoms with E-state index < -0.39 is 0 Å². The van der Waals surface area contributed by atoms with Gasteiger partial charge in [-0.15, -0.1) is 0 Å². The number of benzene rings is 1. The van der Waals surface area contributed by atoms with Crippen LogP contribution in [0.15, 0.2) is 18.2 Å². The summed E-state index contributed by atoms with van der Waals surface area (Å²) in [4.78, 5) is 0.684. The molecule has 0 N–H and O–H groups in total. The van der Waals surface area contributed by atoms with Crippen LogP contribution in [-0.2, 0) is 6.42 Å². The maximum atomic E-state index is 3.73. The van der Waals surface area contributed by atoms with Crippen molar-refractivity contribution in [2.75, 3.05) is 0 Å². The summed E-state index contributed by atoms with van der Waals surface area (Å²) >= 11 is 3.73. The Morgan fingerprint density at radius 3 is 2.53 bits per heavy atom. The maximum Gasteiger partial charge on any atom is 0.0148 e. The zero-order chi connectivity index (χ0) is 11.3. The Kier molecular flexibility index (Phi) is 5.38. The fraction of sp³-hybridized carbons (Fsp3) is 0.571. The lowest BCUT2D eigenvalue weighted by Crippen LogP contribution is -2.00. The summed E-state index contributed by atoms with van der Waals surface area (Å²) in [6.45, 7) is 6.61. The molecule has 0 aliphatic carbocycles. The van der Waals surface area contributed by atoms with Gasteiger partial charge in [0.15, 0.2) is 0 Å². The van der Waals surface area contributed by atoms with Crippen LogP contribution < -0.4 is 0 Å². The van der Waals surface area contributed by atoms with Gasteiger partial charge in [0.25, 0.3) is 0 Å². The third kappa shape index (κ3) is 4.38. The predicted molar refractivity (Wildman–Crippen MR) is 71.9 cm³/mol. The van der Waals surface area contributed by atoms with E-state index in [0.717, 1.165) is 0 Å². The summed E-state index contributed by atoms with van der Waals surface area (Å²) in [5.41, 5.74) is 4.30. The second-order valence-electron chi connectivity index (χ2n) is 4.35. The molecule has 0 saturated heterocycles. The molecule has 1 heteroatoms. The number of aryl methyl sites for hydroxylation is 3. The lowest BCUT2D eigenvalue weighted by atomic mass is 10.00. The van der Waals surface area contributed by atoms with Crippen molar-refractivity contribution >= 4 is 15.9 Å². The number of alkyl halides is 1. The first-order valence-corrected chi connectivity index (χ1v) is 6.75. The molecule has 0 spiro atoms. The Morgan fingerprint density at radius 2 is 1.93 bits per heavy atom. The fourth-order valence-corrected chi connectivity index (χ4v) is 2.58. The molecule has 0 bridgehead atoms. The van der Waals surface area contributed by atoms with Crippen molar-refractivity contribution in [1.29, 1.82) is 0 Å². The van der Waals surface area contributed by atoms with Crippen molar-refractivity contribution < 1.29 is 0 Å². The second-order valence-corrected chi connectivity index (χ2v) is 5.65. The van der Waals surface area contributed by atoms with E-state index in [-0.39, 0.29) is 0 Å². The van der Waals surface area contributed by atoms with Gasteiger partial charge in [-0.05, 0) is 44.2 Å². The van der Waals surface area contributed by atoms with Crippen molar-refractivity contribution in [1.82, 2.24) is 0 Å². The molecule has 0 aliphatic heterocycles. The van der Waals surface area contributed by atoms with E-state index in [2.05, 4.69) is 54.9 Å². The van der Waals surface area contributed by atoms with Crippen LogP contribution in [0.4, 0.5) is 0 Å². The summed E-state index contributed by atoms with van der Waals surface area (Å²) in [5.74, 6) is 0. The van der Waals surface area contributed by atoms with Gasteiger partial charge in [-0.25, -0.2) is 0 Å². The first-order chi connectivity index (χ1) is 7.13. The highest BCUT2D eigenvalue weighted by Crippen LogP contribution is 2.18. The SMILES string of the molecule is CCCC(Br)CCc1ccc(C)cc1C. The monoisotopic (exact) mass is 268 g/mol. The van der Waals surface area contributed by atoms with Gasteiger partial charge in [-0.2, -0.15) is 0 Å². The zero-order valence-corrected chi connectivity index (χ0v) is 11.6. The van der Waals surface area contributed by atoms with E-state index in [1.165, 1.54) is 42.4 Å². The molecule has 0 nitrogen and oxygen atoms in total. The molecule has 0 fully saturated rings. The Labute approximate surface area is 102 Å². The van der Waals surface area contributed by atoms with Gasteiger partial charge in [0.1, 0.15) is 0 Å². The summed E-state index contributed by atoms with van der Waals surface area (Å²) in [6, 6.07) is 6.76. The first-order valence-electron chi connectivity index (χ1n) is 5.83. The molecule has 0 radical (unpaired) electrons. The second kappa shape index (κ2) is 6.32. The highest BCUT2D eigenvalue weighted by molar-refractivity contribution is 9.09. The molecular weight excluding hydrogens is 248 g/mol. The van der Waals surface area contributed by atoms with Gasteiger partial charge in [-0.3, -0.25) is 0 Å². The van der Waals surface area contributed by atoms with Crippen molar-refractivity contribution in [3.05, 3.63) is 34.9 Å². The Bertz CT molecular complexity index is 304. The van der Waals surface area contributed by atoms with Crippen LogP contribution in [0, 0.1) is 13.8 Å². The summed E-state index contributed by atoms with van der Waals surface area (Å²) in [6.07, 6.45) is 4.99. The lowest BCUT2D eigenvalue weighted by molar-refractivity contribution is 0.692. The smallest absolute Gasteiger partial charge is 0.0148 e. The molecule has 84 valence electrons. The Hall–Kier alpha value is -0.300. The predicted octanol–water partition coefficient (Wildman–Crippen LogP) is 4.80. The molecule has 1 unspecified atom stereocenters. The number of hydrogen-bond donors (Lipinski definition) is 0. The van der Waals surface area contributed by atoms with Crippen LogP contribution >= 0.6 is 15.9 Å². The molecule has 1 aromatic rings. The van der Waals surface area contributed by atoms with Crippen LogP contribution in [0.1, 0.15) is 42.9 Å². The van der Waals surface area contributed by atoms with Gasteiger partial charge < -0.3 is 0 Å². The third-order valence-corrected chi connectivity index (χ3v) is 3.74. The van der Waals surface area contributed by atoms with E-state index in [9.17, 15) is 0 Å². The van der Waals surface area contributed by atoms with Crippen LogP contribution in [0.25, 0.3) is 0 Å². The van der Waals surface area contributed by atoms with Crippen molar-refractivity contribution in [2.45, 2.75) is 51.3 Å². The minimum atomic E-state index is 0.684. The highest BCUT2D eigenvalue weighted by Gasteiger charge is 2.04. The molecular formula is C14H21Br. The Balaban J connectivity index is 2.50. The molecule has 0 amide bonds. The highest BCUT2D eigenvalue weighted by atomic mass is 79.9. The van der Waals surface area contributed by atoms with Gasteiger partial charge >= 0.3 is 0 Å². The molecule has 1 aromatic carbocycles. The average Bonchev–Trinajstić information content (AvgIpc) is 2.17. The minimum absolute atomic E-state index is 0.684. The summed E-state index contributed by atoms with van der Waals surface area (Å²) < 4.78 is 0. The Morgan fingerprint density at radius 1 is 1.20 bits per heavy atom. The van der Waals surface area contributed by atoms with Crippen molar-refractivity contribution in [3.63, 3.8) is 0 Å². The number of halogens is 1. The van der Waals surface area contributed by atoms with Gasteiger partial charge in [0, 0.05) is 4.83 Å². The normalized spacial score (nSPS) is 12.8. The van der Waals surface area contributed by atoms with Gasteiger partial charge in [0.05, 0.1) is 0 Å². The molecule has 1 rings (SSSR count). The summed E-state index contributed by atoms with van der Waals surface area (Å²) in [5, 5.41) is 0. The number of rotatable bonds is 5. The van der Waals surface area contributed by atoms with Crippen molar-refractivity contribution in [2.24, 2.45) is 0 Å². The van der Waals surface area contributed by atoms with Crippen LogP contribution in [0.2, 0.25) is 0 Å². The molecule has 1 atom stereocenters. The molecule has 0 aromatic heterocycles. The average molecular weight is 269 g/mol. The topological polar surface area (TPSA) is 0 Å². The number of hydrogen-bond acceptors (Lipinski definition) is 0. The van der Waals surface area contributed by atoms with Crippen LogP contribution in [0.3, 0.4) is 0 Å². The molecule has 0 heterocycles. The summed E-state index contributed by atoms with van der Waals surface area (Å²) in [7, 11) is 0. The molecule has 0 aliphatic rings. The van der Waals surface area contributed by atoms with Crippen LogP contribution in [0.5, 0.6) is 0 Å². The third-order valence-electron chi connectivity index (χ3n) is 2.83. The van der Waals surface area contributed by atoms with E-state index >= 15 is 0 Å². The lowest BCUT2D eigenvalue weighted by Gasteiger charge is -2.10. The molecule has 15 heavy (non-hydrogen) atoms. The van der Waals surface area contributed by atoms with Crippen molar-refractivity contribution in [3.8, 4) is 0 Å². The van der Waals surface area contributed by atoms with Gasteiger partial charge in [-0.1, -0.05) is 53.0 Å². The quantitative estimate of drug-likeness (QED) is 0.673. The van der Waals surface area contributed by atoms with Crippen LogP contribution in [-0.4, -0.2) is 4.83 Å². The van der Waals surface area contributed by atoms with E-state index in [1.807, 2.05) is 0 Å². The largest absolute Gasteiger partial charge is 0.0891 e. The first kappa shape index (κ1) is 12.8. The minimum Gasteiger partial charge on any atom is -0.0891 e.